The average Bonchev–Trinajstić information content (AvgIpc) is 2.55. The molecule has 0 aliphatic rings. The van der Waals surface area contributed by atoms with Crippen molar-refractivity contribution in [1.29, 1.82) is 0 Å². The van der Waals surface area contributed by atoms with Crippen molar-refractivity contribution in [2.24, 2.45) is 0 Å². The van der Waals surface area contributed by atoms with Crippen molar-refractivity contribution >= 4 is 16.7 Å². The Labute approximate surface area is 124 Å². The Morgan fingerprint density at radius 2 is 1.67 bits per heavy atom. The van der Waals surface area contributed by atoms with E-state index in [4.69, 9.17) is 0 Å². The number of Topliss-reactive ketones (excluding diaryl/α,β-unsaturated/α-hetero) is 1. The number of pyridine rings is 1. The summed E-state index contributed by atoms with van der Waals surface area (Å²) in [7, 11) is 0. The zero-order valence-corrected chi connectivity index (χ0v) is 11.8. The number of rotatable bonds is 5. The molecule has 0 aliphatic carbocycles. The molecule has 0 bridgehead atoms. The number of hydrogen-bond acceptors (Lipinski definition) is 2. The van der Waals surface area contributed by atoms with Crippen molar-refractivity contribution in [1.82, 2.24) is 4.98 Å². The third kappa shape index (κ3) is 3.16. The molecule has 0 amide bonds. The minimum atomic E-state index is 0.199. The van der Waals surface area contributed by atoms with Crippen molar-refractivity contribution in [3.8, 4) is 0 Å². The SMILES string of the molecule is O=C(CCCc1ccccc1)c1ccnc2ccccc12. The van der Waals surface area contributed by atoms with E-state index in [0.717, 1.165) is 29.3 Å². The van der Waals surface area contributed by atoms with E-state index >= 15 is 0 Å². The molecule has 0 fully saturated rings. The normalized spacial score (nSPS) is 10.7. The van der Waals surface area contributed by atoms with E-state index in [1.54, 1.807) is 6.20 Å². The number of fused-ring (bicyclic) bond motifs is 1. The molecule has 21 heavy (non-hydrogen) atoms. The lowest BCUT2D eigenvalue weighted by molar-refractivity contribution is 0.0982. The van der Waals surface area contributed by atoms with Crippen molar-refractivity contribution in [2.75, 3.05) is 0 Å². The van der Waals surface area contributed by atoms with Crippen LogP contribution >= 0.6 is 0 Å². The average molecular weight is 275 g/mol. The first-order chi connectivity index (χ1) is 10.3. The van der Waals surface area contributed by atoms with Crippen molar-refractivity contribution in [3.05, 3.63) is 78.0 Å². The highest BCUT2D eigenvalue weighted by Gasteiger charge is 2.10. The van der Waals surface area contributed by atoms with Crippen LogP contribution in [0.2, 0.25) is 0 Å². The Morgan fingerprint density at radius 1 is 0.905 bits per heavy atom. The van der Waals surface area contributed by atoms with Crippen molar-refractivity contribution in [3.63, 3.8) is 0 Å². The Bertz CT molecular complexity index is 744. The molecule has 3 aromatic rings. The highest BCUT2D eigenvalue weighted by Crippen LogP contribution is 2.18. The Balaban J connectivity index is 1.70. The van der Waals surface area contributed by atoms with Crippen LogP contribution in [0.25, 0.3) is 10.9 Å². The Kier molecular flexibility index (Phi) is 4.06. The molecule has 2 heteroatoms. The van der Waals surface area contributed by atoms with Gasteiger partial charge in [0.1, 0.15) is 0 Å². The van der Waals surface area contributed by atoms with Gasteiger partial charge in [0, 0.05) is 23.6 Å². The van der Waals surface area contributed by atoms with Crippen molar-refractivity contribution in [2.45, 2.75) is 19.3 Å². The highest BCUT2D eigenvalue weighted by atomic mass is 16.1. The summed E-state index contributed by atoms with van der Waals surface area (Å²) in [5.41, 5.74) is 2.95. The van der Waals surface area contributed by atoms with E-state index in [1.165, 1.54) is 5.56 Å². The van der Waals surface area contributed by atoms with Gasteiger partial charge in [0.15, 0.2) is 5.78 Å². The van der Waals surface area contributed by atoms with Crippen molar-refractivity contribution < 1.29 is 4.79 Å². The van der Waals surface area contributed by atoms with Crippen LogP contribution in [-0.4, -0.2) is 10.8 Å². The van der Waals surface area contributed by atoms with Crippen LogP contribution < -0.4 is 0 Å². The van der Waals surface area contributed by atoms with E-state index in [2.05, 4.69) is 17.1 Å². The lowest BCUT2D eigenvalue weighted by Gasteiger charge is -2.05. The molecule has 2 aromatic carbocycles. The first kappa shape index (κ1) is 13.5. The second-order valence-corrected chi connectivity index (χ2v) is 5.14. The van der Waals surface area contributed by atoms with Gasteiger partial charge >= 0.3 is 0 Å². The quantitative estimate of drug-likeness (QED) is 0.644. The van der Waals surface area contributed by atoms with Gasteiger partial charge < -0.3 is 0 Å². The first-order valence-corrected chi connectivity index (χ1v) is 7.25. The third-order valence-electron chi connectivity index (χ3n) is 3.66. The largest absolute Gasteiger partial charge is 0.294 e. The number of aromatic nitrogens is 1. The molecule has 0 radical (unpaired) electrons. The fraction of sp³-hybridized carbons (Fsp3) is 0.158. The molecule has 0 saturated carbocycles. The molecule has 1 heterocycles. The molecule has 0 unspecified atom stereocenters. The maximum absolute atomic E-state index is 12.4. The first-order valence-electron chi connectivity index (χ1n) is 7.25. The van der Waals surface area contributed by atoms with Crippen LogP contribution in [0, 0.1) is 0 Å². The summed E-state index contributed by atoms with van der Waals surface area (Å²) in [6, 6.07) is 19.9. The molecular formula is C19H17NO. The van der Waals surface area contributed by atoms with Gasteiger partial charge in [-0.2, -0.15) is 0 Å². The molecule has 104 valence electrons. The number of carbonyl (C=O) groups is 1. The smallest absolute Gasteiger partial charge is 0.163 e. The van der Waals surface area contributed by atoms with Crippen LogP contribution in [-0.2, 0) is 6.42 Å². The van der Waals surface area contributed by atoms with Gasteiger partial charge in [-0.15, -0.1) is 0 Å². The van der Waals surface area contributed by atoms with Gasteiger partial charge in [-0.1, -0.05) is 48.5 Å². The molecule has 0 spiro atoms. The molecular weight excluding hydrogens is 258 g/mol. The monoisotopic (exact) mass is 275 g/mol. The molecule has 2 nitrogen and oxygen atoms in total. The Morgan fingerprint density at radius 3 is 2.52 bits per heavy atom. The minimum Gasteiger partial charge on any atom is -0.294 e. The van der Waals surface area contributed by atoms with Gasteiger partial charge in [0.25, 0.3) is 0 Å². The molecule has 0 saturated heterocycles. The van der Waals surface area contributed by atoms with E-state index in [9.17, 15) is 4.79 Å². The van der Waals surface area contributed by atoms with Gasteiger partial charge in [0.05, 0.1) is 5.52 Å². The zero-order chi connectivity index (χ0) is 14.5. The molecule has 0 N–H and O–H groups in total. The summed E-state index contributed by atoms with van der Waals surface area (Å²) in [5.74, 6) is 0.199. The molecule has 3 rings (SSSR count). The maximum atomic E-state index is 12.4. The van der Waals surface area contributed by atoms with E-state index < -0.39 is 0 Å². The minimum absolute atomic E-state index is 0.199. The van der Waals surface area contributed by atoms with E-state index in [1.807, 2.05) is 48.5 Å². The number of carbonyl (C=O) groups excluding carboxylic acids is 1. The molecule has 0 atom stereocenters. The second kappa shape index (κ2) is 6.31. The third-order valence-corrected chi connectivity index (χ3v) is 3.66. The summed E-state index contributed by atoms with van der Waals surface area (Å²) in [5, 5.41) is 0.949. The van der Waals surface area contributed by atoms with Crippen LogP contribution in [0.1, 0.15) is 28.8 Å². The number of aryl methyl sites for hydroxylation is 1. The Hall–Kier alpha value is -2.48. The number of benzene rings is 2. The van der Waals surface area contributed by atoms with Gasteiger partial charge in [-0.05, 0) is 30.5 Å². The van der Waals surface area contributed by atoms with Crippen LogP contribution in [0.4, 0.5) is 0 Å². The fourth-order valence-corrected chi connectivity index (χ4v) is 2.57. The molecule has 1 aromatic heterocycles. The fourth-order valence-electron chi connectivity index (χ4n) is 2.57. The summed E-state index contributed by atoms with van der Waals surface area (Å²) in [4.78, 5) is 16.7. The molecule has 0 aliphatic heterocycles. The predicted octanol–water partition coefficient (Wildman–Crippen LogP) is 4.44. The van der Waals surface area contributed by atoms with Gasteiger partial charge in [0.2, 0.25) is 0 Å². The number of nitrogens with zero attached hydrogens (tertiary/aromatic N) is 1. The highest BCUT2D eigenvalue weighted by molar-refractivity contribution is 6.07. The summed E-state index contributed by atoms with van der Waals surface area (Å²) in [6.07, 6.45) is 4.10. The topological polar surface area (TPSA) is 30.0 Å². The lowest BCUT2D eigenvalue weighted by Crippen LogP contribution is -2.01. The maximum Gasteiger partial charge on any atom is 0.163 e. The lowest BCUT2D eigenvalue weighted by atomic mass is 10.00. The van der Waals surface area contributed by atoms with E-state index in [-0.39, 0.29) is 5.78 Å². The zero-order valence-electron chi connectivity index (χ0n) is 11.8. The summed E-state index contributed by atoms with van der Waals surface area (Å²) < 4.78 is 0. The number of para-hydroxylation sites is 1. The summed E-state index contributed by atoms with van der Waals surface area (Å²) >= 11 is 0. The van der Waals surface area contributed by atoms with Crippen LogP contribution in [0.15, 0.2) is 66.9 Å². The summed E-state index contributed by atoms with van der Waals surface area (Å²) in [6.45, 7) is 0. The van der Waals surface area contributed by atoms with Crippen LogP contribution in [0.3, 0.4) is 0 Å². The second-order valence-electron chi connectivity index (χ2n) is 5.14. The van der Waals surface area contributed by atoms with Gasteiger partial charge in [-0.3, -0.25) is 9.78 Å². The number of ketones is 1. The number of hydrogen-bond donors (Lipinski definition) is 0. The van der Waals surface area contributed by atoms with E-state index in [0.29, 0.717) is 6.42 Å². The van der Waals surface area contributed by atoms with Gasteiger partial charge in [-0.25, -0.2) is 0 Å². The van der Waals surface area contributed by atoms with Crippen LogP contribution in [0.5, 0.6) is 0 Å². The predicted molar refractivity (Wildman–Crippen MR) is 85.5 cm³/mol. The standard InChI is InChI=1S/C19H17NO/c21-19(12-6-9-15-7-2-1-3-8-15)17-13-14-20-18-11-5-4-10-16(17)18/h1-5,7-8,10-11,13-14H,6,9,12H2.